The Balaban J connectivity index is 1.13. The molecule has 4 heterocycles. The predicted octanol–water partition coefficient (Wildman–Crippen LogP) is 13.2. The van der Waals surface area contributed by atoms with Gasteiger partial charge in [0.05, 0.1) is 39.1 Å². The summed E-state index contributed by atoms with van der Waals surface area (Å²) in [6, 6.07) is 50.0. The molecule has 11 rings (SSSR count). The average molecular weight is 736 g/mol. The Kier molecular flexibility index (Phi) is 7.31. The topological polar surface area (TPSA) is 56.5 Å². The summed E-state index contributed by atoms with van der Waals surface area (Å²) in [5, 5.41) is 6.93. The van der Waals surface area contributed by atoms with E-state index < -0.39 is 0 Å². The number of fused-ring (bicyclic) bond motifs is 8. The minimum Gasteiger partial charge on any atom is -0.309 e. The molecule has 0 spiro atoms. The summed E-state index contributed by atoms with van der Waals surface area (Å²) >= 11 is 0. The summed E-state index contributed by atoms with van der Waals surface area (Å²) in [5.41, 5.74) is 13.2. The minimum absolute atomic E-state index is 0.0936. The van der Waals surface area contributed by atoms with E-state index in [-0.39, 0.29) is 10.8 Å². The highest BCUT2D eigenvalue weighted by atomic mass is 15.0. The Hall–Kier alpha value is -6.72. The van der Waals surface area contributed by atoms with Gasteiger partial charge in [-0.3, -0.25) is 9.97 Å². The third-order valence-corrected chi connectivity index (χ3v) is 12.5. The molecule has 0 radical (unpaired) electrons. The van der Waals surface area contributed by atoms with E-state index in [0.29, 0.717) is 5.82 Å². The zero-order valence-electron chi connectivity index (χ0n) is 32.6. The minimum atomic E-state index is 0.0936. The van der Waals surface area contributed by atoms with Crippen molar-refractivity contribution in [1.29, 1.82) is 0 Å². The SMILES string of the molecule is CC1(C)CCC(C)(C)c2cc3c(cc21)c1ccccc1n3-c1ccc(-c2nc(-c3ccccc3)cc(-c3cnc4c(ccc5cccnc54)c3)n2)c2ccccc12. The molecule has 1 aliphatic carbocycles. The van der Waals surface area contributed by atoms with E-state index in [0.717, 1.165) is 66.3 Å². The van der Waals surface area contributed by atoms with Crippen molar-refractivity contribution in [3.05, 3.63) is 163 Å². The summed E-state index contributed by atoms with van der Waals surface area (Å²) in [6.07, 6.45) is 6.10. The molecular weight excluding hydrogens is 695 g/mol. The molecule has 0 amide bonds. The predicted molar refractivity (Wildman–Crippen MR) is 236 cm³/mol. The standard InChI is InChI=1S/C52H41N5/c1-51(2)24-25-52(3,4)42-29-47-40(28-41(42)51)38-18-10-11-19-45(38)57(47)46-23-22-39(36-16-8-9-17-37(36)46)50-55-43(32-13-6-5-7-14-32)30-44(56-50)35-27-34-21-20-33-15-12-26-53-48(33)49(34)54-31-35/h5-23,26-31H,24-25H2,1-4H3. The highest BCUT2D eigenvalue weighted by Gasteiger charge is 2.38. The first-order chi connectivity index (χ1) is 27.7. The van der Waals surface area contributed by atoms with Crippen molar-refractivity contribution in [2.24, 2.45) is 0 Å². The molecule has 0 bridgehead atoms. The first-order valence-corrected chi connectivity index (χ1v) is 19.9. The molecule has 57 heavy (non-hydrogen) atoms. The number of pyridine rings is 2. The Morgan fingerprint density at radius 1 is 0.491 bits per heavy atom. The molecule has 0 atom stereocenters. The molecule has 6 aromatic carbocycles. The van der Waals surface area contributed by atoms with Crippen molar-refractivity contribution in [2.75, 3.05) is 0 Å². The number of hydrogen-bond donors (Lipinski definition) is 0. The van der Waals surface area contributed by atoms with E-state index in [9.17, 15) is 0 Å². The number of benzene rings is 6. The fraction of sp³-hybridized carbons (Fsp3) is 0.154. The van der Waals surface area contributed by atoms with Gasteiger partial charge in [0.2, 0.25) is 0 Å². The summed E-state index contributed by atoms with van der Waals surface area (Å²) in [4.78, 5) is 20.2. The zero-order chi connectivity index (χ0) is 38.5. The van der Waals surface area contributed by atoms with Gasteiger partial charge in [0.1, 0.15) is 0 Å². The van der Waals surface area contributed by atoms with E-state index in [1.165, 1.54) is 45.8 Å². The molecule has 5 nitrogen and oxygen atoms in total. The first-order valence-electron chi connectivity index (χ1n) is 19.9. The van der Waals surface area contributed by atoms with Crippen LogP contribution in [0.3, 0.4) is 0 Å². The highest BCUT2D eigenvalue weighted by Crippen LogP contribution is 2.49. The second kappa shape index (κ2) is 12.4. The Bertz CT molecular complexity index is 3250. The third-order valence-electron chi connectivity index (χ3n) is 12.5. The lowest BCUT2D eigenvalue weighted by Crippen LogP contribution is -2.33. The quantitative estimate of drug-likeness (QED) is 0.169. The maximum atomic E-state index is 5.32. The van der Waals surface area contributed by atoms with Crippen LogP contribution >= 0.6 is 0 Å². The molecule has 0 saturated heterocycles. The normalized spacial score (nSPS) is 14.8. The van der Waals surface area contributed by atoms with Crippen LogP contribution in [0.15, 0.2) is 152 Å². The van der Waals surface area contributed by atoms with Crippen LogP contribution in [0, 0.1) is 0 Å². The van der Waals surface area contributed by atoms with Gasteiger partial charge in [-0.15, -0.1) is 0 Å². The van der Waals surface area contributed by atoms with Crippen molar-refractivity contribution in [3.8, 4) is 39.6 Å². The third kappa shape index (κ3) is 5.29. The lowest BCUT2D eigenvalue weighted by atomic mass is 9.63. The molecule has 4 aromatic heterocycles. The average Bonchev–Trinajstić information content (AvgIpc) is 3.57. The van der Waals surface area contributed by atoms with Crippen LogP contribution < -0.4 is 0 Å². The molecular formula is C52H41N5. The molecule has 0 fully saturated rings. The molecule has 0 unspecified atom stereocenters. The second-order valence-electron chi connectivity index (χ2n) is 17.0. The van der Waals surface area contributed by atoms with Crippen LogP contribution in [0.5, 0.6) is 0 Å². The van der Waals surface area contributed by atoms with Crippen molar-refractivity contribution >= 4 is 54.4 Å². The summed E-state index contributed by atoms with van der Waals surface area (Å²) in [7, 11) is 0. The van der Waals surface area contributed by atoms with Crippen LogP contribution in [0.25, 0.3) is 94.0 Å². The summed E-state index contributed by atoms with van der Waals surface area (Å²) in [6.45, 7) is 9.65. The van der Waals surface area contributed by atoms with E-state index in [1.807, 2.05) is 24.5 Å². The van der Waals surface area contributed by atoms with Gasteiger partial charge in [0, 0.05) is 56.0 Å². The van der Waals surface area contributed by atoms with Crippen molar-refractivity contribution in [1.82, 2.24) is 24.5 Å². The Morgan fingerprint density at radius 3 is 1.96 bits per heavy atom. The van der Waals surface area contributed by atoms with Crippen molar-refractivity contribution in [3.63, 3.8) is 0 Å². The number of nitrogens with zero attached hydrogens (tertiary/aromatic N) is 5. The summed E-state index contributed by atoms with van der Waals surface area (Å²) in [5.74, 6) is 0.676. The van der Waals surface area contributed by atoms with Crippen LogP contribution in [-0.2, 0) is 10.8 Å². The van der Waals surface area contributed by atoms with E-state index in [2.05, 4.69) is 165 Å². The van der Waals surface area contributed by atoms with E-state index in [4.69, 9.17) is 15.0 Å². The van der Waals surface area contributed by atoms with Gasteiger partial charge in [0.15, 0.2) is 5.82 Å². The van der Waals surface area contributed by atoms with Crippen LogP contribution in [0.2, 0.25) is 0 Å². The van der Waals surface area contributed by atoms with Gasteiger partial charge in [-0.05, 0) is 88.7 Å². The molecule has 274 valence electrons. The highest BCUT2D eigenvalue weighted by molar-refractivity contribution is 6.12. The molecule has 0 N–H and O–H groups in total. The number of hydrogen-bond acceptors (Lipinski definition) is 4. The van der Waals surface area contributed by atoms with Gasteiger partial charge in [-0.1, -0.05) is 119 Å². The Labute approximate surface area is 331 Å². The van der Waals surface area contributed by atoms with Crippen LogP contribution in [0.4, 0.5) is 0 Å². The fourth-order valence-corrected chi connectivity index (χ4v) is 9.31. The number of aromatic nitrogens is 5. The summed E-state index contributed by atoms with van der Waals surface area (Å²) < 4.78 is 2.49. The van der Waals surface area contributed by atoms with Crippen LogP contribution in [0.1, 0.15) is 51.7 Å². The smallest absolute Gasteiger partial charge is 0.161 e. The zero-order valence-corrected chi connectivity index (χ0v) is 32.6. The maximum absolute atomic E-state index is 5.32. The molecule has 5 heteroatoms. The van der Waals surface area contributed by atoms with Crippen molar-refractivity contribution < 1.29 is 0 Å². The lowest BCUT2D eigenvalue weighted by Gasteiger charge is -2.42. The molecule has 10 aromatic rings. The molecule has 0 aliphatic heterocycles. The van der Waals surface area contributed by atoms with Gasteiger partial charge >= 0.3 is 0 Å². The largest absolute Gasteiger partial charge is 0.309 e. The second-order valence-corrected chi connectivity index (χ2v) is 17.0. The lowest BCUT2D eigenvalue weighted by molar-refractivity contribution is 0.332. The van der Waals surface area contributed by atoms with Gasteiger partial charge in [-0.2, -0.15) is 0 Å². The van der Waals surface area contributed by atoms with Crippen LogP contribution in [-0.4, -0.2) is 24.5 Å². The number of para-hydroxylation sites is 1. The van der Waals surface area contributed by atoms with Crippen molar-refractivity contribution in [2.45, 2.75) is 51.4 Å². The van der Waals surface area contributed by atoms with E-state index >= 15 is 0 Å². The van der Waals surface area contributed by atoms with E-state index in [1.54, 1.807) is 0 Å². The monoisotopic (exact) mass is 735 g/mol. The van der Waals surface area contributed by atoms with Gasteiger partial charge in [-0.25, -0.2) is 9.97 Å². The molecule has 1 aliphatic rings. The number of rotatable bonds is 4. The molecule has 0 saturated carbocycles. The first kappa shape index (κ1) is 33.6. The Morgan fingerprint density at radius 2 is 1.16 bits per heavy atom. The van der Waals surface area contributed by atoms with Gasteiger partial charge in [0.25, 0.3) is 0 Å². The fourth-order valence-electron chi connectivity index (χ4n) is 9.31. The maximum Gasteiger partial charge on any atom is 0.161 e. The van der Waals surface area contributed by atoms with Gasteiger partial charge < -0.3 is 4.57 Å².